The molecule has 0 aromatic carbocycles. The molecule has 0 aliphatic rings. The highest BCUT2D eigenvalue weighted by atomic mass is 16.3. The average Bonchev–Trinajstić information content (AvgIpc) is 2.39. The maximum Gasteiger partial charge on any atom is 0.131 e. The van der Waals surface area contributed by atoms with Crippen LogP contribution in [-0.4, -0.2) is 42.0 Å². The van der Waals surface area contributed by atoms with E-state index in [-0.39, 0.29) is 13.2 Å². The quantitative estimate of drug-likeness (QED) is 0.715. The van der Waals surface area contributed by atoms with E-state index < -0.39 is 5.41 Å². The molecule has 18 heavy (non-hydrogen) atoms. The molecule has 0 saturated carbocycles. The lowest BCUT2D eigenvalue weighted by Gasteiger charge is -2.27. The highest BCUT2D eigenvalue weighted by Crippen LogP contribution is 2.26. The molecule has 0 aliphatic carbocycles. The fourth-order valence-electron chi connectivity index (χ4n) is 1.81. The van der Waals surface area contributed by atoms with Gasteiger partial charge in [0.25, 0.3) is 0 Å². The molecule has 2 N–H and O–H groups in total. The topological polar surface area (TPSA) is 56.6 Å². The van der Waals surface area contributed by atoms with Gasteiger partial charge in [0.1, 0.15) is 5.82 Å². The van der Waals surface area contributed by atoms with Gasteiger partial charge in [0.2, 0.25) is 0 Å². The SMILES string of the molecule is C=CCN(C)c1ncccc1CC(C)(CO)CO. The molecule has 0 atom stereocenters. The average molecular weight is 250 g/mol. The van der Waals surface area contributed by atoms with Gasteiger partial charge in [-0.1, -0.05) is 19.1 Å². The standard InChI is InChI=1S/C14H22N2O2/c1-4-8-16(3)13-12(6-5-7-15-13)9-14(2,10-17)11-18/h4-7,17-18H,1,8-11H2,2-3H3. The Morgan fingerprint density at radius 2 is 2.11 bits per heavy atom. The summed E-state index contributed by atoms with van der Waals surface area (Å²) in [6.45, 7) is 6.17. The number of aliphatic hydroxyl groups excluding tert-OH is 2. The van der Waals surface area contributed by atoms with Gasteiger partial charge in [-0.2, -0.15) is 0 Å². The van der Waals surface area contributed by atoms with Crippen LogP contribution in [0.25, 0.3) is 0 Å². The largest absolute Gasteiger partial charge is 0.396 e. The molecule has 1 rings (SSSR count). The lowest BCUT2D eigenvalue weighted by molar-refractivity contribution is 0.0704. The van der Waals surface area contributed by atoms with E-state index in [2.05, 4.69) is 11.6 Å². The van der Waals surface area contributed by atoms with Crippen molar-refractivity contribution in [3.05, 3.63) is 36.5 Å². The Bertz CT molecular complexity index is 389. The Morgan fingerprint density at radius 3 is 2.67 bits per heavy atom. The first kappa shape index (κ1) is 14.7. The van der Waals surface area contributed by atoms with Gasteiger partial charge in [-0.05, 0) is 18.1 Å². The fraction of sp³-hybridized carbons (Fsp3) is 0.500. The molecule has 0 radical (unpaired) electrons. The summed E-state index contributed by atoms with van der Waals surface area (Å²) in [6.07, 6.45) is 4.15. The molecule has 4 heteroatoms. The van der Waals surface area contributed by atoms with E-state index in [1.54, 1.807) is 6.20 Å². The number of nitrogens with zero attached hydrogens (tertiary/aromatic N) is 2. The van der Waals surface area contributed by atoms with Gasteiger partial charge >= 0.3 is 0 Å². The second-order valence-electron chi connectivity index (χ2n) is 4.96. The van der Waals surface area contributed by atoms with Crippen LogP contribution in [0.4, 0.5) is 5.82 Å². The van der Waals surface area contributed by atoms with Crippen LogP contribution in [0.1, 0.15) is 12.5 Å². The molecule has 0 bridgehead atoms. The van der Waals surface area contributed by atoms with Crippen LogP contribution in [0.5, 0.6) is 0 Å². The minimum Gasteiger partial charge on any atom is -0.396 e. The molecule has 0 aliphatic heterocycles. The summed E-state index contributed by atoms with van der Waals surface area (Å²) >= 11 is 0. The predicted molar refractivity (Wildman–Crippen MR) is 73.7 cm³/mol. The van der Waals surface area contributed by atoms with Crippen molar-refractivity contribution in [2.45, 2.75) is 13.3 Å². The summed E-state index contributed by atoms with van der Waals surface area (Å²) in [5, 5.41) is 18.7. The maximum atomic E-state index is 9.37. The zero-order valence-electron chi connectivity index (χ0n) is 11.1. The molecule has 1 aromatic rings. The highest BCUT2D eigenvalue weighted by Gasteiger charge is 2.25. The van der Waals surface area contributed by atoms with Crippen LogP contribution < -0.4 is 4.90 Å². The van der Waals surface area contributed by atoms with Gasteiger partial charge in [0.15, 0.2) is 0 Å². The lowest BCUT2D eigenvalue weighted by atomic mass is 9.85. The number of hydrogen-bond acceptors (Lipinski definition) is 4. The summed E-state index contributed by atoms with van der Waals surface area (Å²) in [4.78, 5) is 6.36. The van der Waals surface area contributed by atoms with Crippen molar-refractivity contribution < 1.29 is 10.2 Å². The number of aromatic nitrogens is 1. The normalized spacial score (nSPS) is 11.3. The van der Waals surface area contributed by atoms with E-state index in [0.717, 1.165) is 11.4 Å². The molecule has 0 amide bonds. The Morgan fingerprint density at radius 1 is 1.44 bits per heavy atom. The predicted octanol–water partition coefficient (Wildman–Crippen LogP) is 1.24. The van der Waals surface area contributed by atoms with Crippen molar-refractivity contribution in [1.29, 1.82) is 0 Å². The van der Waals surface area contributed by atoms with Crippen LogP contribution in [0.3, 0.4) is 0 Å². The van der Waals surface area contributed by atoms with E-state index in [1.807, 2.05) is 37.1 Å². The number of rotatable bonds is 7. The monoisotopic (exact) mass is 250 g/mol. The van der Waals surface area contributed by atoms with Gasteiger partial charge in [0.05, 0.1) is 13.2 Å². The minimum absolute atomic E-state index is 0.0526. The van der Waals surface area contributed by atoms with Crippen molar-refractivity contribution in [3.8, 4) is 0 Å². The van der Waals surface area contributed by atoms with Crippen LogP contribution >= 0.6 is 0 Å². The van der Waals surface area contributed by atoms with E-state index in [9.17, 15) is 10.2 Å². The first-order valence-corrected chi connectivity index (χ1v) is 6.04. The number of likely N-dealkylation sites (N-methyl/N-ethyl adjacent to an activating group) is 1. The van der Waals surface area contributed by atoms with Crippen molar-refractivity contribution in [2.75, 3.05) is 31.7 Å². The summed E-state index contributed by atoms with van der Waals surface area (Å²) in [5.41, 5.74) is 0.500. The summed E-state index contributed by atoms with van der Waals surface area (Å²) in [5.74, 6) is 0.866. The Labute approximate surface area is 109 Å². The lowest BCUT2D eigenvalue weighted by Crippen LogP contribution is -2.30. The van der Waals surface area contributed by atoms with E-state index in [0.29, 0.717) is 13.0 Å². The minimum atomic E-state index is -0.521. The third-order valence-electron chi connectivity index (χ3n) is 3.01. The van der Waals surface area contributed by atoms with Crippen LogP contribution in [-0.2, 0) is 6.42 Å². The third kappa shape index (κ3) is 3.55. The van der Waals surface area contributed by atoms with E-state index in [1.165, 1.54) is 0 Å². The summed E-state index contributed by atoms with van der Waals surface area (Å²) < 4.78 is 0. The van der Waals surface area contributed by atoms with Crippen molar-refractivity contribution >= 4 is 5.82 Å². The van der Waals surface area contributed by atoms with Crippen LogP contribution in [0.15, 0.2) is 31.0 Å². The molecule has 100 valence electrons. The van der Waals surface area contributed by atoms with Gasteiger partial charge in [-0.25, -0.2) is 4.98 Å². The van der Waals surface area contributed by atoms with E-state index >= 15 is 0 Å². The number of pyridine rings is 1. The summed E-state index contributed by atoms with van der Waals surface area (Å²) in [6, 6.07) is 3.85. The first-order valence-electron chi connectivity index (χ1n) is 6.04. The number of hydrogen-bond donors (Lipinski definition) is 2. The smallest absolute Gasteiger partial charge is 0.131 e. The number of aliphatic hydroxyl groups is 2. The second-order valence-corrected chi connectivity index (χ2v) is 4.96. The second kappa shape index (κ2) is 6.52. The zero-order chi connectivity index (χ0) is 13.6. The van der Waals surface area contributed by atoms with Crippen LogP contribution in [0, 0.1) is 5.41 Å². The first-order chi connectivity index (χ1) is 8.56. The van der Waals surface area contributed by atoms with Crippen LogP contribution in [0.2, 0.25) is 0 Å². The Balaban J connectivity index is 2.98. The molecule has 4 nitrogen and oxygen atoms in total. The third-order valence-corrected chi connectivity index (χ3v) is 3.01. The van der Waals surface area contributed by atoms with E-state index in [4.69, 9.17) is 0 Å². The maximum absolute atomic E-state index is 9.37. The molecule has 0 saturated heterocycles. The molecule has 0 spiro atoms. The van der Waals surface area contributed by atoms with Gasteiger partial charge in [0, 0.05) is 25.2 Å². The van der Waals surface area contributed by atoms with Gasteiger partial charge in [-0.3, -0.25) is 0 Å². The fourth-order valence-corrected chi connectivity index (χ4v) is 1.81. The van der Waals surface area contributed by atoms with Gasteiger partial charge in [-0.15, -0.1) is 6.58 Å². The molecular weight excluding hydrogens is 228 g/mol. The number of anilines is 1. The molecular formula is C14H22N2O2. The molecule has 1 heterocycles. The molecule has 0 fully saturated rings. The van der Waals surface area contributed by atoms with Crippen molar-refractivity contribution in [3.63, 3.8) is 0 Å². The molecule has 1 aromatic heterocycles. The zero-order valence-corrected chi connectivity index (χ0v) is 11.1. The molecule has 0 unspecified atom stereocenters. The van der Waals surface area contributed by atoms with Gasteiger partial charge < -0.3 is 15.1 Å². The highest BCUT2D eigenvalue weighted by molar-refractivity contribution is 5.47. The van der Waals surface area contributed by atoms with Crippen molar-refractivity contribution in [2.24, 2.45) is 5.41 Å². The Hall–Kier alpha value is -1.39. The Kier molecular flexibility index (Phi) is 5.31. The summed E-state index contributed by atoms with van der Waals surface area (Å²) in [7, 11) is 1.95. The van der Waals surface area contributed by atoms with Crippen molar-refractivity contribution in [1.82, 2.24) is 4.98 Å².